The molecule has 1 aliphatic heterocycles. The van der Waals surface area contributed by atoms with Crippen LogP contribution in [-0.2, 0) is 4.74 Å². The van der Waals surface area contributed by atoms with Crippen LogP contribution in [0.1, 0.15) is 11.3 Å². The Morgan fingerprint density at radius 1 is 1.03 bits per heavy atom. The van der Waals surface area contributed by atoms with Crippen LogP contribution in [-0.4, -0.2) is 73.9 Å². The highest BCUT2D eigenvalue weighted by Crippen LogP contribution is 2.21. The summed E-state index contributed by atoms with van der Waals surface area (Å²) < 4.78 is 21.9. The normalized spacial score (nSPS) is 15.5. The fourth-order valence-corrected chi connectivity index (χ4v) is 3.83. The summed E-state index contributed by atoms with van der Waals surface area (Å²) in [6, 6.07) is 5.38. The number of hydrogen-bond donors (Lipinski definition) is 0. The van der Waals surface area contributed by atoms with E-state index < -0.39 is 5.95 Å². The number of methoxy groups -OCH3 is 1. The van der Waals surface area contributed by atoms with E-state index in [0.29, 0.717) is 49.4 Å². The predicted molar refractivity (Wildman–Crippen MR) is 127 cm³/mol. The topological polar surface area (TPSA) is 98.0 Å². The molecule has 35 heavy (non-hydrogen) atoms. The van der Waals surface area contributed by atoms with Crippen molar-refractivity contribution in [3.05, 3.63) is 78.9 Å². The highest BCUT2D eigenvalue weighted by atomic mass is 19.1. The lowest BCUT2D eigenvalue weighted by Crippen LogP contribution is -2.56. The second-order valence-electron chi connectivity index (χ2n) is 7.79. The van der Waals surface area contributed by atoms with Crippen molar-refractivity contribution in [2.24, 2.45) is 0 Å². The summed E-state index contributed by atoms with van der Waals surface area (Å²) in [5.41, 5.74) is 0.623. The third kappa shape index (κ3) is 5.07. The minimum absolute atomic E-state index is 0.0155. The second kappa shape index (κ2) is 10.2. The van der Waals surface area contributed by atoms with Gasteiger partial charge in [0.05, 0.1) is 18.8 Å². The maximum atomic E-state index is 14.8. The van der Waals surface area contributed by atoms with E-state index in [-0.39, 0.29) is 11.7 Å². The molecule has 0 aliphatic carbocycles. The molecule has 0 radical (unpaired) electrons. The van der Waals surface area contributed by atoms with Gasteiger partial charge < -0.3 is 14.5 Å². The van der Waals surface area contributed by atoms with Crippen molar-refractivity contribution in [2.75, 3.05) is 43.2 Å². The van der Waals surface area contributed by atoms with Crippen molar-refractivity contribution in [3.8, 4) is 17.7 Å². The molecule has 176 valence electrons. The number of halogens is 1. The van der Waals surface area contributed by atoms with Crippen LogP contribution < -0.4 is 9.80 Å². The van der Waals surface area contributed by atoms with Crippen LogP contribution in [0.3, 0.4) is 0 Å². The molecule has 0 amide bonds. The molecule has 1 aliphatic rings. The van der Waals surface area contributed by atoms with Crippen molar-refractivity contribution >= 4 is 11.8 Å². The molecule has 0 N–H and O–H groups in total. The van der Waals surface area contributed by atoms with E-state index in [1.54, 1.807) is 67.3 Å². The van der Waals surface area contributed by atoms with Crippen molar-refractivity contribution in [3.63, 3.8) is 0 Å². The van der Waals surface area contributed by atoms with Crippen molar-refractivity contribution in [1.29, 1.82) is 0 Å². The first-order chi connectivity index (χ1) is 17.2. The van der Waals surface area contributed by atoms with Gasteiger partial charge >= 0.3 is 0 Å². The zero-order valence-corrected chi connectivity index (χ0v) is 19.0. The van der Waals surface area contributed by atoms with Gasteiger partial charge in [0.1, 0.15) is 12.1 Å². The summed E-state index contributed by atoms with van der Waals surface area (Å²) in [4.78, 5) is 29.5. The number of anilines is 2. The lowest BCUT2D eigenvalue weighted by Gasteiger charge is -2.41. The molecule has 5 heterocycles. The van der Waals surface area contributed by atoms with Gasteiger partial charge in [-0.25, -0.2) is 24.9 Å². The van der Waals surface area contributed by atoms with E-state index in [0.717, 1.165) is 0 Å². The Labute approximate surface area is 201 Å². The molecular formula is C24H22FN9O. The lowest BCUT2D eigenvalue weighted by atomic mass is 10.2. The summed E-state index contributed by atoms with van der Waals surface area (Å²) >= 11 is 0. The molecule has 1 fully saturated rings. The number of aromatic nitrogens is 7. The zero-order chi connectivity index (χ0) is 24.0. The summed E-state index contributed by atoms with van der Waals surface area (Å²) in [5, 5.41) is 0. The van der Waals surface area contributed by atoms with Crippen molar-refractivity contribution in [2.45, 2.75) is 6.04 Å². The Bertz CT molecular complexity index is 1320. The third-order valence-corrected chi connectivity index (χ3v) is 5.53. The fourth-order valence-electron chi connectivity index (χ4n) is 3.83. The molecule has 5 rings (SSSR count). The van der Waals surface area contributed by atoms with Gasteiger partial charge in [0.15, 0.2) is 11.5 Å². The lowest BCUT2D eigenvalue weighted by molar-refractivity contribution is 0.173. The van der Waals surface area contributed by atoms with E-state index in [2.05, 4.69) is 46.6 Å². The number of hydrogen-bond acceptors (Lipinski definition) is 9. The van der Waals surface area contributed by atoms with Crippen LogP contribution in [0.15, 0.2) is 61.7 Å². The van der Waals surface area contributed by atoms with Gasteiger partial charge in [-0.05, 0) is 24.1 Å². The maximum absolute atomic E-state index is 14.8. The highest BCUT2D eigenvalue weighted by molar-refractivity contribution is 5.45. The summed E-state index contributed by atoms with van der Waals surface area (Å²) in [5.74, 6) is 6.74. The van der Waals surface area contributed by atoms with E-state index in [9.17, 15) is 4.39 Å². The number of imidazole rings is 1. The molecule has 0 unspecified atom stereocenters. The molecule has 4 aromatic rings. The average molecular weight is 472 g/mol. The van der Waals surface area contributed by atoms with Crippen LogP contribution in [0.2, 0.25) is 0 Å². The van der Waals surface area contributed by atoms with Gasteiger partial charge in [0.25, 0.3) is 0 Å². The predicted octanol–water partition coefficient (Wildman–Crippen LogP) is 1.73. The summed E-state index contributed by atoms with van der Waals surface area (Å²) in [7, 11) is 1.65. The van der Waals surface area contributed by atoms with Crippen LogP contribution in [0.25, 0.3) is 5.82 Å². The number of rotatable bonds is 5. The average Bonchev–Trinajstić information content (AvgIpc) is 3.44. The van der Waals surface area contributed by atoms with Crippen LogP contribution in [0.4, 0.5) is 16.2 Å². The van der Waals surface area contributed by atoms with E-state index in [1.165, 1.54) is 0 Å². The smallest absolute Gasteiger partial charge is 0.249 e. The molecule has 10 nitrogen and oxygen atoms in total. The van der Waals surface area contributed by atoms with Gasteiger partial charge in [-0.1, -0.05) is 5.92 Å². The highest BCUT2D eigenvalue weighted by Gasteiger charge is 2.29. The Hall–Kier alpha value is -4.43. The number of piperazine rings is 1. The van der Waals surface area contributed by atoms with Gasteiger partial charge in [-0.3, -0.25) is 4.57 Å². The van der Waals surface area contributed by atoms with Gasteiger partial charge in [-0.2, -0.15) is 9.37 Å². The SMILES string of the molecule is COC[C@H]1CN(c2cnc(C#Cc3ccc(-n4ccnc4)nc3)c(F)n2)CCN1c1ncccn1. The number of nitrogens with zero attached hydrogens (tertiary/aromatic N) is 9. The van der Waals surface area contributed by atoms with Gasteiger partial charge in [-0.15, -0.1) is 0 Å². The van der Waals surface area contributed by atoms with Crippen LogP contribution >= 0.6 is 0 Å². The minimum atomic E-state index is -0.713. The fraction of sp³-hybridized carbons (Fsp3) is 0.250. The van der Waals surface area contributed by atoms with E-state index >= 15 is 0 Å². The molecule has 11 heteroatoms. The third-order valence-electron chi connectivity index (χ3n) is 5.53. The Morgan fingerprint density at radius 3 is 2.63 bits per heavy atom. The summed E-state index contributed by atoms with van der Waals surface area (Å²) in [6.07, 6.45) is 11.7. The van der Waals surface area contributed by atoms with Gasteiger partial charge in [0, 0.05) is 63.3 Å². The molecule has 0 aromatic carbocycles. The minimum Gasteiger partial charge on any atom is -0.382 e. The Kier molecular flexibility index (Phi) is 6.54. The van der Waals surface area contributed by atoms with E-state index in [4.69, 9.17) is 4.74 Å². The first-order valence-electron chi connectivity index (χ1n) is 11.0. The summed E-state index contributed by atoms with van der Waals surface area (Å²) in [6.45, 7) is 2.31. The van der Waals surface area contributed by atoms with Crippen LogP contribution in [0.5, 0.6) is 0 Å². The van der Waals surface area contributed by atoms with Crippen molar-refractivity contribution < 1.29 is 9.13 Å². The first kappa shape index (κ1) is 22.4. The number of pyridine rings is 1. The van der Waals surface area contributed by atoms with Gasteiger partial charge in [0.2, 0.25) is 11.9 Å². The zero-order valence-electron chi connectivity index (χ0n) is 19.0. The van der Waals surface area contributed by atoms with E-state index in [1.807, 2.05) is 11.0 Å². The molecule has 1 atom stereocenters. The van der Waals surface area contributed by atoms with Crippen LogP contribution in [0, 0.1) is 17.8 Å². The molecule has 0 saturated carbocycles. The molecule has 0 spiro atoms. The Balaban J connectivity index is 1.29. The quantitative estimate of drug-likeness (QED) is 0.403. The molecule has 0 bridgehead atoms. The molecular weight excluding hydrogens is 449 g/mol. The monoisotopic (exact) mass is 471 g/mol. The largest absolute Gasteiger partial charge is 0.382 e. The number of ether oxygens (including phenoxy) is 1. The first-order valence-corrected chi connectivity index (χ1v) is 11.0. The molecule has 4 aromatic heterocycles. The maximum Gasteiger partial charge on any atom is 0.249 e. The Morgan fingerprint density at radius 2 is 1.91 bits per heavy atom. The standard InChI is InChI=1S/C24H22FN9O/c1-35-16-19-15-32(11-12-34(19)24-27-7-2-8-28-24)22-14-29-20(23(25)31-22)5-3-18-4-6-21(30-13-18)33-10-9-26-17-33/h2,4,6-10,13-14,17,19H,11-12,15-16H2,1H3/t19-/m1/s1. The molecule has 1 saturated heterocycles. The second-order valence-corrected chi connectivity index (χ2v) is 7.79. The van der Waals surface area contributed by atoms with Crippen molar-refractivity contribution in [1.82, 2.24) is 34.5 Å².